The van der Waals surface area contributed by atoms with Crippen molar-refractivity contribution in [1.82, 2.24) is 9.88 Å². The highest BCUT2D eigenvalue weighted by Gasteiger charge is 2.28. The summed E-state index contributed by atoms with van der Waals surface area (Å²) in [6, 6.07) is 8.32. The number of amides is 1. The normalized spacial score (nSPS) is 24.4. The van der Waals surface area contributed by atoms with Crippen molar-refractivity contribution in [2.45, 2.75) is 38.0 Å². The minimum absolute atomic E-state index is 0.326. The second-order valence-corrected chi connectivity index (χ2v) is 7.73. The predicted molar refractivity (Wildman–Crippen MR) is 94.7 cm³/mol. The predicted octanol–water partition coefficient (Wildman–Crippen LogP) is 4.36. The molecule has 0 N–H and O–H groups in total. The van der Waals surface area contributed by atoms with Crippen molar-refractivity contribution in [3.8, 4) is 0 Å². The number of benzene rings is 1. The van der Waals surface area contributed by atoms with Crippen LogP contribution in [0.2, 0.25) is 0 Å². The van der Waals surface area contributed by atoms with Gasteiger partial charge in [-0.15, -0.1) is 11.3 Å². The molecule has 0 saturated carbocycles. The standard InChI is InChI=1S/C19H22N2OS/c22-18(12-14-6-1-2-7-14)21-11-5-8-15(13-21)19-20-16-9-3-4-10-17(16)23-19/h1,3-4,6,9-10,14-15H,2,5,7-8,11-13H2/t14-,15-/m0/s1. The molecule has 4 rings (SSSR count). The summed E-state index contributed by atoms with van der Waals surface area (Å²) in [6.07, 6.45) is 9.61. The highest BCUT2D eigenvalue weighted by atomic mass is 32.1. The Morgan fingerprint density at radius 3 is 3.04 bits per heavy atom. The van der Waals surface area contributed by atoms with Crippen LogP contribution in [0, 0.1) is 5.92 Å². The van der Waals surface area contributed by atoms with Gasteiger partial charge in [-0.25, -0.2) is 4.98 Å². The Hall–Kier alpha value is -1.68. The monoisotopic (exact) mass is 326 g/mol. The molecule has 0 spiro atoms. The Bertz CT molecular complexity index is 703. The smallest absolute Gasteiger partial charge is 0.223 e. The van der Waals surface area contributed by atoms with Crippen LogP contribution in [0.1, 0.15) is 43.0 Å². The first kappa shape index (κ1) is 14.9. The Morgan fingerprint density at radius 2 is 2.22 bits per heavy atom. The number of thiazole rings is 1. The van der Waals surface area contributed by atoms with Crippen LogP contribution in [-0.4, -0.2) is 28.9 Å². The van der Waals surface area contributed by atoms with Crippen LogP contribution in [0.15, 0.2) is 36.4 Å². The number of hydrogen-bond acceptors (Lipinski definition) is 3. The van der Waals surface area contributed by atoms with E-state index >= 15 is 0 Å². The van der Waals surface area contributed by atoms with Crippen LogP contribution in [0.5, 0.6) is 0 Å². The molecule has 1 aromatic heterocycles. The summed E-state index contributed by atoms with van der Waals surface area (Å²) in [5, 5.41) is 1.20. The van der Waals surface area contributed by atoms with Gasteiger partial charge >= 0.3 is 0 Å². The maximum absolute atomic E-state index is 12.6. The van der Waals surface area contributed by atoms with E-state index in [-0.39, 0.29) is 0 Å². The summed E-state index contributed by atoms with van der Waals surface area (Å²) in [5.74, 6) is 1.20. The molecule has 0 radical (unpaired) electrons. The molecule has 4 heteroatoms. The number of aromatic nitrogens is 1. The molecular weight excluding hydrogens is 304 g/mol. The van der Waals surface area contributed by atoms with E-state index in [1.807, 2.05) is 6.07 Å². The van der Waals surface area contributed by atoms with E-state index in [0.717, 1.165) is 44.3 Å². The topological polar surface area (TPSA) is 33.2 Å². The number of piperidine rings is 1. The highest BCUT2D eigenvalue weighted by Crippen LogP contribution is 2.33. The molecular formula is C19H22N2OS. The number of likely N-dealkylation sites (tertiary alicyclic amines) is 1. The number of hydrogen-bond donors (Lipinski definition) is 0. The molecule has 2 aliphatic rings. The third kappa shape index (κ3) is 3.18. The van der Waals surface area contributed by atoms with Gasteiger partial charge in [-0.2, -0.15) is 0 Å². The Labute approximate surface area is 141 Å². The number of nitrogens with zero attached hydrogens (tertiary/aromatic N) is 2. The lowest BCUT2D eigenvalue weighted by atomic mass is 9.97. The van der Waals surface area contributed by atoms with E-state index in [0.29, 0.717) is 24.2 Å². The van der Waals surface area contributed by atoms with E-state index in [4.69, 9.17) is 4.98 Å². The highest BCUT2D eigenvalue weighted by molar-refractivity contribution is 7.18. The van der Waals surface area contributed by atoms with E-state index in [1.54, 1.807) is 11.3 Å². The first-order valence-corrected chi connectivity index (χ1v) is 9.41. The Kier molecular flexibility index (Phi) is 4.17. The van der Waals surface area contributed by atoms with Crippen LogP contribution >= 0.6 is 11.3 Å². The molecule has 120 valence electrons. The van der Waals surface area contributed by atoms with Gasteiger partial charge in [-0.1, -0.05) is 24.3 Å². The summed E-state index contributed by atoms with van der Waals surface area (Å²) in [6.45, 7) is 1.76. The van der Waals surface area contributed by atoms with Crippen molar-refractivity contribution < 1.29 is 4.79 Å². The third-order valence-corrected chi connectivity index (χ3v) is 6.18. The average molecular weight is 326 g/mol. The van der Waals surface area contributed by atoms with Crippen molar-refractivity contribution >= 4 is 27.5 Å². The Morgan fingerprint density at radius 1 is 1.30 bits per heavy atom. The van der Waals surface area contributed by atoms with Gasteiger partial charge in [0.15, 0.2) is 0 Å². The molecule has 1 aliphatic heterocycles. The van der Waals surface area contributed by atoms with Gasteiger partial charge in [0.05, 0.1) is 15.2 Å². The van der Waals surface area contributed by atoms with Gasteiger partial charge in [0.2, 0.25) is 5.91 Å². The number of allylic oxidation sites excluding steroid dienone is 2. The zero-order valence-corrected chi connectivity index (χ0v) is 14.1. The molecule has 0 unspecified atom stereocenters. The lowest BCUT2D eigenvalue weighted by molar-refractivity contribution is -0.133. The first-order chi connectivity index (χ1) is 11.3. The molecule has 2 aromatic rings. The first-order valence-electron chi connectivity index (χ1n) is 8.59. The molecule has 1 aromatic carbocycles. The van der Waals surface area contributed by atoms with Crippen LogP contribution in [0.3, 0.4) is 0 Å². The average Bonchev–Trinajstić information content (AvgIpc) is 3.24. The summed E-state index contributed by atoms with van der Waals surface area (Å²) in [7, 11) is 0. The minimum atomic E-state index is 0.326. The number of rotatable bonds is 3. The van der Waals surface area contributed by atoms with E-state index < -0.39 is 0 Å². The van der Waals surface area contributed by atoms with Gasteiger partial charge in [0, 0.05) is 25.4 Å². The van der Waals surface area contributed by atoms with Crippen LogP contribution in [0.25, 0.3) is 10.2 Å². The molecule has 1 saturated heterocycles. The van der Waals surface area contributed by atoms with Crippen LogP contribution < -0.4 is 0 Å². The fraction of sp³-hybridized carbons (Fsp3) is 0.474. The molecule has 1 fully saturated rings. The van der Waals surface area contributed by atoms with Crippen molar-refractivity contribution in [3.63, 3.8) is 0 Å². The second-order valence-electron chi connectivity index (χ2n) is 6.67. The third-order valence-electron chi connectivity index (χ3n) is 4.98. The fourth-order valence-electron chi connectivity index (χ4n) is 3.69. The minimum Gasteiger partial charge on any atom is -0.342 e. The maximum atomic E-state index is 12.6. The van der Waals surface area contributed by atoms with Gasteiger partial charge in [0.25, 0.3) is 0 Å². The largest absolute Gasteiger partial charge is 0.342 e. The van der Waals surface area contributed by atoms with E-state index in [1.165, 1.54) is 9.71 Å². The van der Waals surface area contributed by atoms with Crippen LogP contribution in [0.4, 0.5) is 0 Å². The van der Waals surface area contributed by atoms with Gasteiger partial charge in [0.1, 0.15) is 0 Å². The summed E-state index contributed by atoms with van der Waals surface area (Å²) in [4.78, 5) is 19.5. The summed E-state index contributed by atoms with van der Waals surface area (Å²) < 4.78 is 1.25. The lowest BCUT2D eigenvalue weighted by Crippen LogP contribution is -2.39. The van der Waals surface area contributed by atoms with Crippen molar-refractivity contribution in [1.29, 1.82) is 0 Å². The molecule has 3 nitrogen and oxygen atoms in total. The number of carbonyl (C=O) groups excluding carboxylic acids is 1. The second kappa shape index (κ2) is 6.44. The zero-order valence-electron chi connectivity index (χ0n) is 13.3. The number of para-hydroxylation sites is 1. The number of fused-ring (bicyclic) bond motifs is 1. The quantitative estimate of drug-likeness (QED) is 0.785. The molecule has 23 heavy (non-hydrogen) atoms. The molecule has 0 bridgehead atoms. The van der Waals surface area contributed by atoms with Crippen molar-refractivity contribution in [2.24, 2.45) is 5.92 Å². The fourth-order valence-corrected chi connectivity index (χ4v) is 4.78. The zero-order chi connectivity index (χ0) is 15.6. The summed E-state index contributed by atoms with van der Waals surface area (Å²) >= 11 is 1.79. The maximum Gasteiger partial charge on any atom is 0.223 e. The van der Waals surface area contributed by atoms with E-state index in [9.17, 15) is 4.79 Å². The van der Waals surface area contributed by atoms with Crippen LogP contribution in [-0.2, 0) is 4.79 Å². The molecule has 2 atom stereocenters. The molecule has 2 heterocycles. The van der Waals surface area contributed by atoms with Gasteiger partial charge in [-0.05, 0) is 43.7 Å². The molecule has 1 amide bonds. The molecule has 1 aliphatic carbocycles. The van der Waals surface area contributed by atoms with E-state index in [2.05, 4.69) is 35.3 Å². The van der Waals surface area contributed by atoms with Crippen molar-refractivity contribution in [2.75, 3.05) is 13.1 Å². The SMILES string of the molecule is O=C(C[C@H]1C=CCC1)N1CCC[C@H](c2nc3ccccc3s2)C1. The Balaban J connectivity index is 1.45. The van der Waals surface area contributed by atoms with Gasteiger partial charge < -0.3 is 4.90 Å². The summed E-state index contributed by atoms with van der Waals surface area (Å²) in [5.41, 5.74) is 1.09. The van der Waals surface area contributed by atoms with Crippen molar-refractivity contribution in [3.05, 3.63) is 41.4 Å². The lowest BCUT2D eigenvalue weighted by Gasteiger charge is -2.32. The number of carbonyl (C=O) groups is 1. The van der Waals surface area contributed by atoms with Gasteiger partial charge in [-0.3, -0.25) is 4.79 Å².